The Morgan fingerprint density at radius 1 is 0.354 bits per heavy atom. The number of unbranched alkanes of at least 4 members (excludes halogenated alkanes) is 31. The van der Waals surface area contributed by atoms with Gasteiger partial charge in [-0.15, -0.1) is 0 Å². The highest BCUT2D eigenvalue weighted by molar-refractivity contribution is 7.47. The summed E-state index contributed by atoms with van der Waals surface area (Å²) in [6, 6.07) is 0. The molecule has 3 unspecified atom stereocenters. The summed E-state index contributed by atoms with van der Waals surface area (Å²) in [6.07, 6.45) is 37.6. The van der Waals surface area contributed by atoms with Gasteiger partial charge in [0, 0.05) is 25.7 Å². The lowest BCUT2D eigenvalue weighted by molar-refractivity contribution is -0.161. The average Bonchev–Trinajstić information content (AvgIpc) is 3.44. The summed E-state index contributed by atoms with van der Waals surface area (Å²) in [5, 5.41) is 10.5. The molecule has 0 rings (SSSR count). The Bertz CT molecular complexity index is 1620. The third-order valence-corrected chi connectivity index (χ3v) is 16.7. The summed E-state index contributed by atoms with van der Waals surface area (Å²) in [5.74, 6) is -0.610. The van der Waals surface area contributed by atoms with E-state index in [4.69, 9.17) is 37.0 Å². The van der Waals surface area contributed by atoms with Crippen LogP contribution in [0.1, 0.15) is 311 Å². The molecule has 0 fully saturated rings. The second-order valence-electron chi connectivity index (χ2n) is 23.5. The van der Waals surface area contributed by atoms with Crippen LogP contribution in [0.4, 0.5) is 0 Å². The summed E-state index contributed by atoms with van der Waals surface area (Å²) >= 11 is 0. The lowest BCUT2D eigenvalue weighted by atomic mass is 9.99. The van der Waals surface area contributed by atoms with Gasteiger partial charge in [0.05, 0.1) is 26.4 Å². The fourth-order valence-corrected chi connectivity index (χ4v) is 10.9. The number of hydrogen-bond donors (Lipinski definition) is 3. The summed E-state index contributed by atoms with van der Waals surface area (Å²) in [4.78, 5) is 72.1. The summed E-state index contributed by atoms with van der Waals surface area (Å²) < 4.78 is 67.9. The SMILES string of the molecule is CCCCCCCCCCCCC(=O)O[C@H](COC(=O)CCCCCCCCC)COP(=O)(O)OC[C@H](O)COP(=O)(O)OC[C@@H](COC(=O)CCCCCCCCCCC(C)CC)OC(=O)CCCCCCCCCCCCC(C)C. The van der Waals surface area contributed by atoms with Crippen molar-refractivity contribution in [1.82, 2.24) is 0 Å². The zero-order valence-corrected chi connectivity index (χ0v) is 54.6. The molecule has 17 nitrogen and oxygen atoms in total. The van der Waals surface area contributed by atoms with Crippen molar-refractivity contribution < 1.29 is 80.2 Å². The Kier molecular flexibility index (Phi) is 54.3. The minimum absolute atomic E-state index is 0.105. The maximum atomic E-state index is 13.0. The molecule has 0 aromatic carbocycles. The van der Waals surface area contributed by atoms with Crippen molar-refractivity contribution in [2.45, 2.75) is 330 Å². The molecule has 0 aliphatic carbocycles. The van der Waals surface area contributed by atoms with Crippen LogP contribution < -0.4 is 0 Å². The van der Waals surface area contributed by atoms with Gasteiger partial charge in [-0.05, 0) is 37.5 Å². The van der Waals surface area contributed by atoms with E-state index in [1.807, 2.05) is 0 Å². The van der Waals surface area contributed by atoms with Gasteiger partial charge < -0.3 is 33.8 Å². The van der Waals surface area contributed by atoms with E-state index in [0.29, 0.717) is 25.7 Å². The Morgan fingerprint density at radius 3 is 0.927 bits per heavy atom. The quantitative estimate of drug-likeness (QED) is 0.0222. The van der Waals surface area contributed by atoms with E-state index in [2.05, 4.69) is 41.5 Å². The topological polar surface area (TPSA) is 237 Å². The van der Waals surface area contributed by atoms with Crippen molar-refractivity contribution in [2.75, 3.05) is 39.6 Å². The van der Waals surface area contributed by atoms with Crippen LogP contribution in [-0.2, 0) is 65.4 Å². The molecule has 0 amide bonds. The highest BCUT2D eigenvalue weighted by Gasteiger charge is 2.30. The van der Waals surface area contributed by atoms with E-state index < -0.39 is 97.5 Å². The Labute approximate surface area is 498 Å². The molecule has 0 aromatic heterocycles. The van der Waals surface area contributed by atoms with Crippen molar-refractivity contribution in [3.8, 4) is 0 Å². The molecular weight excluding hydrogens is 1090 g/mol. The van der Waals surface area contributed by atoms with Crippen LogP contribution >= 0.6 is 15.6 Å². The van der Waals surface area contributed by atoms with Gasteiger partial charge in [-0.3, -0.25) is 37.3 Å². The molecular formula is C63H122O17P2. The van der Waals surface area contributed by atoms with Crippen molar-refractivity contribution in [3.63, 3.8) is 0 Å². The van der Waals surface area contributed by atoms with E-state index in [1.165, 1.54) is 116 Å². The predicted molar refractivity (Wildman–Crippen MR) is 326 cm³/mol. The van der Waals surface area contributed by atoms with Crippen LogP contribution in [-0.4, -0.2) is 96.7 Å². The van der Waals surface area contributed by atoms with Crippen LogP contribution in [0.25, 0.3) is 0 Å². The number of phosphoric ester groups is 2. The minimum Gasteiger partial charge on any atom is -0.462 e. The van der Waals surface area contributed by atoms with Crippen molar-refractivity contribution >= 4 is 39.5 Å². The van der Waals surface area contributed by atoms with Crippen LogP contribution in [0.15, 0.2) is 0 Å². The minimum atomic E-state index is -4.94. The van der Waals surface area contributed by atoms with Gasteiger partial charge in [0.2, 0.25) is 0 Å². The molecule has 0 bridgehead atoms. The first kappa shape index (κ1) is 80.1. The van der Waals surface area contributed by atoms with E-state index in [-0.39, 0.29) is 25.7 Å². The standard InChI is InChI=1S/C63H122O17P2/c1-7-10-12-14-16-17-21-29-35-41-47-62(67)79-58(51-73-60(65)45-39-33-25-15-13-11-8-2)53-77-81(69,70)75-49-57(64)50-76-82(71,72)78-54-59(52-74-61(66)46-40-34-28-24-23-27-32-38-44-56(6)9-3)80-63(68)48-42-36-30-22-19-18-20-26-31-37-43-55(4)5/h55-59,64H,7-54H2,1-6H3,(H,69,70)(H,71,72)/t56?,57-,58+,59+/m0/s1. The molecule has 0 saturated heterocycles. The molecule has 0 aliphatic heterocycles. The molecule has 19 heteroatoms. The number of aliphatic hydroxyl groups excluding tert-OH is 1. The van der Waals surface area contributed by atoms with Crippen molar-refractivity contribution in [3.05, 3.63) is 0 Å². The summed E-state index contributed by atoms with van der Waals surface area (Å²) in [7, 11) is -9.88. The van der Waals surface area contributed by atoms with Gasteiger partial charge in [-0.25, -0.2) is 9.13 Å². The summed E-state index contributed by atoms with van der Waals surface area (Å²) in [5.41, 5.74) is 0. The maximum Gasteiger partial charge on any atom is 0.472 e. The molecule has 0 heterocycles. The molecule has 0 saturated carbocycles. The number of phosphoric acid groups is 2. The number of ether oxygens (including phenoxy) is 4. The van der Waals surface area contributed by atoms with Gasteiger partial charge in [0.15, 0.2) is 12.2 Å². The van der Waals surface area contributed by atoms with Crippen LogP contribution in [0.3, 0.4) is 0 Å². The van der Waals surface area contributed by atoms with Crippen molar-refractivity contribution in [2.24, 2.45) is 11.8 Å². The zero-order valence-electron chi connectivity index (χ0n) is 52.8. The Balaban J connectivity index is 5.23. The lowest BCUT2D eigenvalue weighted by Gasteiger charge is -2.21. The lowest BCUT2D eigenvalue weighted by Crippen LogP contribution is -2.30. The molecule has 82 heavy (non-hydrogen) atoms. The van der Waals surface area contributed by atoms with E-state index in [0.717, 1.165) is 115 Å². The first-order chi connectivity index (χ1) is 39.4. The zero-order chi connectivity index (χ0) is 60.8. The maximum absolute atomic E-state index is 13.0. The van der Waals surface area contributed by atoms with Gasteiger partial charge in [0.25, 0.3) is 0 Å². The summed E-state index contributed by atoms with van der Waals surface area (Å²) in [6.45, 7) is 9.43. The van der Waals surface area contributed by atoms with Gasteiger partial charge in [-0.2, -0.15) is 0 Å². The number of aliphatic hydroxyl groups is 1. The first-order valence-electron chi connectivity index (χ1n) is 33.0. The van der Waals surface area contributed by atoms with Gasteiger partial charge >= 0.3 is 39.5 Å². The van der Waals surface area contributed by atoms with Gasteiger partial charge in [-0.1, -0.05) is 260 Å². The molecule has 0 radical (unpaired) electrons. The number of carbonyl (C=O) groups excluding carboxylic acids is 4. The number of carbonyl (C=O) groups is 4. The fraction of sp³-hybridized carbons (Fsp3) is 0.937. The molecule has 3 N–H and O–H groups in total. The first-order valence-corrected chi connectivity index (χ1v) is 36.0. The highest BCUT2D eigenvalue weighted by Crippen LogP contribution is 2.45. The van der Waals surface area contributed by atoms with Crippen molar-refractivity contribution in [1.29, 1.82) is 0 Å². The fourth-order valence-electron chi connectivity index (χ4n) is 9.32. The average molecular weight is 1210 g/mol. The Hall–Kier alpha value is -1.94. The smallest absolute Gasteiger partial charge is 0.462 e. The largest absolute Gasteiger partial charge is 0.472 e. The van der Waals surface area contributed by atoms with E-state index in [9.17, 15) is 43.2 Å². The molecule has 0 spiro atoms. The second kappa shape index (κ2) is 55.6. The number of hydrogen-bond acceptors (Lipinski definition) is 15. The Morgan fingerprint density at radius 2 is 0.622 bits per heavy atom. The molecule has 486 valence electrons. The molecule has 6 atom stereocenters. The van der Waals surface area contributed by atoms with E-state index in [1.54, 1.807) is 0 Å². The second-order valence-corrected chi connectivity index (χ2v) is 26.4. The third kappa shape index (κ3) is 55.9. The number of rotatable bonds is 62. The van der Waals surface area contributed by atoms with Crippen LogP contribution in [0.5, 0.6) is 0 Å². The number of esters is 4. The monoisotopic (exact) mass is 1210 g/mol. The van der Waals surface area contributed by atoms with Crippen LogP contribution in [0.2, 0.25) is 0 Å². The van der Waals surface area contributed by atoms with E-state index >= 15 is 0 Å². The van der Waals surface area contributed by atoms with Gasteiger partial charge in [0.1, 0.15) is 19.3 Å². The normalized spacial score (nSPS) is 14.7. The molecule has 0 aromatic rings. The highest BCUT2D eigenvalue weighted by atomic mass is 31.2. The molecule has 0 aliphatic rings. The van der Waals surface area contributed by atoms with Crippen LogP contribution in [0, 0.1) is 11.8 Å². The third-order valence-electron chi connectivity index (χ3n) is 14.8. The predicted octanol–water partition coefficient (Wildman–Crippen LogP) is 17.3.